The number of likely N-dealkylation sites (N-methyl/N-ethyl adjacent to an activating group) is 1. The molecule has 0 aromatic rings. The van der Waals surface area contributed by atoms with Crippen LogP contribution < -0.4 is 4.89 Å². The fourth-order valence-corrected chi connectivity index (χ4v) is 9.44. The van der Waals surface area contributed by atoms with Gasteiger partial charge in [0.1, 0.15) is 19.8 Å². The molecule has 0 N–H and O–H groups in total. The lowest BCUT2D eigenvalue weighted by molar-refractivity contribution is -0.870. The Balaban J connectivity index is 4.08. The smallest absolute Gasteiger partial charge is 0.306 e. The number of unbranched alkanes of at least 4 members (excludes halogenated alkanes) is 39. The van der Waals surface area contributed by atoms with Crippen molar-refractivity contribution in [3.63, 3.8) is 0 Å². The Labute approximate surface area is 422 Å². The largest absolute Gasteiger partial charge is 0.756 e. The Morgan fingerprint density at radius 1 is 0.441 bits per heavy atom. The van der Waals surface area contributed by atoms with Crippen LogP contribution in [0.1, 0.15) is 296 Å². The van der Waals surface area contributed by atoms with Crippen LogP contribution in [0.3, 0.4) is 0 Å². The maximum absolute atomic E-state index is 12.8. The third-order valence-electron chi connectivity index (χ3n) is 13.3. The Hall–Kier alpha value is -1.25. The predicted molar refractivity (Wildman–Crippen MR) is 287 cm³/mol. The first-order valence-corrected chi connectivity index (χ1v) is 30.9. The second-order valence-electron chi connectivity index (χ2n) is 21.4. The van der Waals surface area contributed by atoms with Gasteiger partial charge in [-0.1, -0.05) is 257 Å². The lowest BCUT2D eigenvalue weighted by atomic mass is 10.0. The fourth-order valence-electron chi connectivity index (χ4n) is 8.71. The van der Waals surface area contributed by atoms with E-state index >= 15 is 0 Å². The van der Waals surface area contributed by atoms with Gasteiger partial charge in [0.2, 0.25) is 0 Å². The van der Waals surface area contributed by atoms with Gasteiger partial charge >= 0.3 is 11.9 Å². The van der Waals surface area contributed by atoms with Crippen LogP contribution in [0.4, 0.5) is 0 Å². The molecule has 404 valence electrons. The van der Waals surface area contributed by atoms with Crippen molar-refractivity contribution in [3.8, 4) is 0 Å². The van der Waals surface area contributed by atoms with Crippen molar-refractivity contribution >= 4 is 19.8 Å². The summed E-state index contributed by atoms with van der Waals surface area (Å²) in [4.78, 5) is 37.8. The van der Waals surface area contributed by atoms with Crippen LogP contribution in [0.5, 0.6) is 0 Å². The van der Waals surface area contributed by atoms with Gasteiger partial charge in [-0.2, -0.15) is 0 Å². The van der Waals surface area contributed by atoms with Crippen molar-refractivity contribution in [2.45, 2.75) is 302 Å². The minimum atomic E-state index is -4.63. The van der Waals surface area contributed by atoms with E-state index in [0.717, 1.165) is 32.1 Å². The summed E-state index contributed by atoms with van der Waals surface area (Å²) < 4.78 is 34.2. The van der Waals surface area contributed by atoms with Crippen molar-refractivity contribution in [2.24, 2.45) is 0 Å². The van der Waals surface area contributed by atoms with Crippen LogP contribution in [0, 0.1) is 0 Å². The number of phosphoric ester groups is 1. The highest BCUT2D eigenvalue weighted by atomic mass is 31.2. The van der Waals surface area contributed by atoms with Crippen molar-refractivity contribution in [1.82, 2.24) is 0 Å². The number of carbonyl (C=O) groups excluding carboxylic acids is 2. The molecule has 2 unspecified atom stereocenters. The zero-order valence-corrected chi connectivity index (χ0v) is 46.7. The molecule has 0 amide bonds. The lowest BCUT2D eigenvalue weighted by Crippen LogP contribution is -2.37. The van der Waals surface area contributed by atoms with Gasteiger partial charge in [-0.25, -0.2) is 0 Å². The minimum Gasteiger partial charge on any atom is -0.756 e. The third-order valence-corrected chi connectivity index (χ3v) is 14.2. The molecule has 0 heterocycles. The molecule has 0 aliphatic rings. The van der Waals surface area contributed by atoms with E-state index in [4.69, 9.17) is 18.5 Å². The third kappa shape index (κ3) is 54.1. The number of hydrogen-bond acceptors (Lipinski definition) is 8. The SMILES string of the molecule is CCCCCCCCCC/C=C\CCCCCCCCCCCCCCCCCC(=O)OC(COC(=O)CCCCCCCCCCCCCCCCCCC)COP(=O)([O-])OCC[N+](C)(C)C. The molecule has 0 saturated heterocycles. The summed E-state index contributed by atoms with van der Waals surface area (Å²) in [5.41, 5.74) is 0. The van der Waals surface area contributed by atoms with Gasteiger partial charge in [-0.15, -0.1) is 0 Å². The fraction of sp³-hybridized carbons (Fsp3) is 0.931. The zero-order valence-electron chi connectivity index (χ0n) is 45.8. The first-order chi connectivity index (χ1) is 33.0. The summed E-state index contributed by atoms with van der Waals surface area (Å²) in [6, 6.07) is 0. The molecular weight excluding hydrogens is 870 g/mol. The number of quaternary nitrogens is 1. The molecule has 68 heavy (non-hydrogen) atoms. The van der Waals surface area contributed by atoms with Crippen LogP contribution in [0.2, 0.25) is 0 Å². The van der Waals surface area contributed by atoms with E-state index in [-0.39, 0.29) is 32.0 Å². The molecule has 2 atom stereocenters. The molecule has 0 fully saturated rings. The van der Waals surface area contributed by atoms with Gasteiger partial charge in [-0.05, 0) is 38.5 Å². The summed E-state index contributed by atoms with van der Waals surface area (Å²) in [5, 5.41) is 0. The molecule has 0 aromatic carbocycles. The first-order valence-electron chi connectivity index (χ1n) is 29.4. The number of ether oxygens (including phenoxy) is 2. The molecule has 0 spiro atoms. The lowest BCUT2D eigenvalue weighted by Gasteiger charge is -2.28. The van der Waals surface area contributed by atoms with Crippen LogP contribution in [-0.4, -0.2) is 70.0 Å². The van der Waals surface area contributed by atoms with Crippen molar-refractivity contribution in [2.75, 3.05) is 47.5 Å². The van der Waals surface area contributed by atoms with E-state index in [1.54, 1.807) is 0 Å². The number of esters is 2. The standard InChI is InChI=1S/C58H114NO8P/c1-6-8-10-12-14-16-18-20-22-24-25-26-27-28-29-30-31-32-33-35-37-39-41-43-45-47-49-51-58(61)67-56(55-66-68(62,63)65-53-52-59(3,4)5)54-64-57(60)50-48-46-44-42-40-38-36-34-23-21-19-17-15-13-11-9-7-2/h24-25,56H,6-23,26-55H2,1-5H3/b25-24-. The van der Waals surface area contributed by atoms with E-state index in [2.05, 4.69) is 26.0 Å². The summed E-state index contributed by atoms with van der Waals surface area (Å²) >= 11 is 0. The van der Waals surface area contributed by atoms with E-state index in [1.165, 1.54) is 231 Å². The van der Waals surface area contributed by atoms with Crippen LogP contribution in [0.25, 0.3) is 0 Å². The molecule has 0 saturated carbocycles. The Bertz CT molecular complexity index is 1160. The number of hydrogen-bond donors (Lipinski definition) is 0. The molecule has 0 rings (SSSR count). The van der Waals surface area contributed by atoms with E-state index in [9.17, 15) is 19.0 Å². The van der Waals surface area contributed by atoms with Crippen molar-refractivity contribution in [1.29, 1.82) is 0 Å². The molecule has 0 aliphatic carbocycles. The van der Waals surface area contributed by atoms with Gasteiger partial charge in [0.05, 0.1) is 27.7 Å². The highest BCUT2D eigenvalue weighted by Gasteiger charge is 2.22. The summed E-state index contributed by atoms with van der Waals surface area (Å²) in [6.45, 7) is 4.30. The second-order valence-corrected chi connectivity index (χ2v) is 22.8. The van der Waals surface area contributed by atoms with Gasteiger partial charge in [0.15, 0.2) is 6.10 Å². The highest BCUT2D eigenvalue weighted by molar-refractivity contribution is 7.45. The first kappa shape index (κ1) is 66.8. The number of rotatable bonds is 55. The van der Waals surface area contributed by atoms with Crippen molar-refractivity contribution in [3.05, 3.63) is 12.2 Å². The zero-order chi connectivity index (χ0) is 49.9. The van der Waals surface area contributed by atoms with Gasteiger partial charge in [0, 0.05) is 12.8 Å². The molecular formula is C58H114NO8P. The summed E-state index contributed by atoms with van der Waals surface area (Å²) in [7, 11) is 1.19. The average Bonchev–Trinajstić information content (AvgIpc) is 3.30. The molecule has 0 radical (unpaired) electrons. The monoisotopic (exact) mass is 984 g/mol. The minimum absolute atomic E-state index is 0.0265. The predicted octanol–water partition coefficient (Wildman–Crippen LogP) is 17.4. The average molecular weight is 985 g/mol. The van der Waals surface area contributed by atoms with Crippen molar-refractivity contribution < 1.29 is 42.1 Å². The molecule has 9 nitrogen and oxygen atoms in total. The summed E-state index contributed by atoms with van der Waals surface area (Å²) in [5.74, 6) is -0.813. The molecule has 0 aromatic heterocycles. The van der Waals surface area contributed by atoms with Gasteiger partial charge in [0.25, 0.3) is 7.82 Å². The normalized spacial score (nSPS) is 13.3. The second kappa shape index (κ2) is 50.7. The topological polar surface area (TPSA) is 111 Å². The molecule has 10 heteroatoms. The van der Waals surface area contributed by atoms with Gasteiger partial charge < -0.3 is 27.9 Å². The van der Waals surface area contributed by atoms with Crippen LogP contribution in [0.15, 0.2) is 12.2 Å². The van der Waals surface area contributed by atoms with Crippen LogP contribution in [-0.2, 0) is 32.7 Å². The summed E-state index contributed by atoms with van der Waals surface area (Å²) in [6.07, 6.45) is 58.3. The molecule has 0 bridgehead atoms. The maximum Gasteiger partial charge on any atom is 0.306 e. The Morgan fingerprint density at radius 2 is 0.750 bits per heavy atom. The number of phosphoric acid groups is 1. The van der Waals surface area contributed by atoms with E-state index in [1.807, 2.05) is 21.1 Å². The quantitative estimate of drug-likeness (QED) is 0.0195. The Kier molecular flexibility index (Phi) is 49.8. The number of allylic oxidation sites excluding steroid dienone is 2. The number of carbonyl (C=O) groups is 2. The van der Waals surface area contributed by atoms with Gasteiger partial charge in [-0.3, -0.25) is 14.2 Å². The van der Waals surface area contributed by atoms with Crippen LogP contribution >= 0.6 is 7.82 Å². The van der Waals surface area contributed by atoms with E-state index in [0.29, 0.717) is 17.4 Å². The van der Waals surface area contributed by atoms with E-state index < -0.39 is 26.5 Å². The molecule has 0 aliphatic heterocycles. The maximum atomic E-state index is 12.8. The highest BCUT2D eigenvalue weighted by Crippen LogP contribution is 2.38. The number of nitrogens with zero attached hydrogens (tertiary/aromatic N) is 1. The Morgan fingerprint density at radius 3 is 1.09 bits per heavy atom.